The summed E-state index contributed by atoms with van der Waals surface area (Å²) in [5.41, 5.74) is 3.90. The summed E-state index contributed by atoms with van der Waals surface area (Å²) in [6, 6.07) is 10.7. The number of benzene rings is 2. The number of fused-ring (bicyclic) bond motifs is 2. The topological polar surface area (TPSA) is 40.2 Å². The summed E-state index contributed by atoms with van der Waals surface area (Å²) in [4.78, 5) is 2.40. The van der Waals surface area contributed by atoms with Gasteiger partial charge >= 0.3 is 0 Å². The SMILES string of the molecule is COc1ccc(C[C@@H]2c3cc4c(cc3CCN2C)OCO4)cc1OC. The van der Waals surface area contributed by atoms with E-state index in [1.807, 2.05) is 6.07 Å². The van der Waals surface area contributed by atoms with Crippen LogP contribution in [0.15, 0.2) is 30.3 Å². The van der Waals surface area contributed by atoms with Crippen LogP contribution in [-0.2, 0) is 12.8 Å². The van der Waals surface area contributed by atoms with Crippen molar-refractivity contribution in [2.45, 2.75) is 18.9 Å². The van der Waals surface area contributed by atoms with E-state index >= 15 is 0 Å². The lowest BCUT2D eigenvalue weighted by atomic mass is 9.88. The molecule has 4 rings (SSSR count). The summed E-state index contributed by atoms with van der Waals surface area (Å²) >= 11 is 0. The number of hydrogen-bond donors (Lipinski definition) is 0. The molecule has 0 spiro atoms. The number of likely N-dealkylation sites (N-methyl/N-ethyl adjacent to an activating group) is 1. The molecule has 0 saturated carbocycles. The monoisotopic (exact) mass is 341 g/mol. The zero-order chi connectivity index (χ0) is 17.4. The van der Waals surface area contributed by atoms with Crippen LogP contribution in [-0.4, -0.2) is 39.5 Å². The molecule has 0 unspecified atom stereocenters. The van der Waals surface area contributed by atoms with Crippen LogP contribution in [0.3, 0.4) is 0 Å². The van der Waals surface area contributed by atoms with Gasteiger partial charge in [0.05, 0.1) is 14.2 Å². The first-order chi connectivity index (χ1) is 12.2. The molecular formula is C20H23NO4. The summed E-state index contributed by atoms with van der Waals surface area (Å²) in [5.74, 6) is 3.25. The van der Waals surface area contributed by atoms with Gasteiger partial charge in [-0.2, -0.15) is 0 Å². The van der Waals surface area contributed by atoms with Crippen LogP contribution in [0, 0.1) is 0 Å². The van der Waals surface area contributed by atoms with Gasteiger partial charge in [0.25, 0.3) is 0 Å². The predicted octanol–water partition coefficient (Wildman–Crippen LogP) is 3.20. The second-order valence-corrected chi connectivity index (χ2v) is 6.54. The average Bonchev–Trinajstić information content (AvgIpc) is 3.09. The second-order valence-electron chi connectivity index (χ2n) is 6.54. The van der Waals surface area contributed by atoms with Crippen molar-refractivity contribution in [3.8, 4) is 23.0 Å². The third-order valence-electron chi connectivity index (χ3n) is 5.14. The fourth-order valence-corrected chi connectivity index (χ4v) is 3.71. The fourth-order valence-electron chi connectivity index (χ4n) is 3.71. The first kappa shape index (κ1) is 16.1. The third-order valence-corrected chi connectivity index (χ3v) is 5.14. The Morgan fingerprint density at radius 3 is 2.56 bits per heavy atom. The molecule has 25 heavy (non-hydrogen) atoms. The van der Waals surface area contributed by atoms with E-state index in [2.05, 4.69) is 36.2 Å². The van der Waals surface area contributed by atoms with Gasteiger partial charge in [0.2, 0.25) is 6.79 Å². The maximum absolute atomic E-state index is 5.59. The number of methoxy groups -OCH3 is 2. The molecule has 0 radical (unpaired) electrons. The molecule has 2 aromatic carbocycles. The van der Waals surface area contributed by atoms with Gasteiger partial charge in [0, 0.05) is 12.6 Å². The van der Waals surface area contributed by atoms with Crippen molar-refractivity contribution < 1.29 is 18.9 Å². The van der Waals surface area contributed by atoms with Crippen molar-refractivity contribution in [1.82, 2.24) is 4.90 Å². The van der Waals surface area contributed by atoms with Gasteiger partial charge in [-0.15, -0.1) is 0 Å². The molecule has 0 fully saturated rings. The van der Waals surface area contributed by atoms with Crippen LogP contribution in [0.5, 0.6) is 23.0 Å². The molecule has 5 nitrogen and oxygen atoms in total. The third kappa shape index (κ3) is 2.89. The average molecular weight is 341 g/mol. The van der Waals surface area contributed by atoms with Gasteiger partial charge in [0.15, 0.2) is 23.0 Å². The molecule has 2 aliphatic heterocycles. The fraction of sp³-hybridized carbons (Fsp3) is 0.400. The smallest absolute Gasteiger partial charge is 0.231 e. The molecule has 1 atom stereocenters. The number of nitrogens with zero attached hydrogens (tertiary/aromatic N) is 1. The van der Waals surface area contributed by atoms with Gasteiger partial charge in [0.1, 0.15) is 0 Å². The Bertz CT molecular complexity index is 790. The Kier molecular flexibility index (Phi) is 4.17. The van der Waals surface area contributed by atoms with E-state index in [0.717, 1.165) is 42.4 Å². The molecule has 0 aliphatic carbocycles. The van der Waals surface area contributed by atoms with E-state index in [9.17, 15) is 0 Å². The molecule has 0 saturated heterocycles. The summed E-state index contributed by atoms with van der Waals surface area (Å²) in [6.07, 6.45) is 1.94. The van der Waals surface area contributed by atoms with E-state index in [4.69, 9.17) is 18.9 Å². The molecule has 0 amide bonds. The molecule has 0 aromatic heterocycles. The molecule has 2 heterocycles. The minimum Gasteiger partial charge on any atom is -0.493 e. The van der Waals surface area contributed by atoms with Crippen LogP contribution in [0.1, 0.15) is 22.7 Å². The Hall–Kier alpha value is -2.40. The van der Waals surface area contributed by atoms with Crippen molar-refractivity contribution in [3.63, 3.8) is 0 Å². The second kappa shape index (κ2) is 6.48. The minimum absolute atomic E-state index is 0.302. The van der Waals surface area contributed by atoms with Gasteiger partial charge < -0.3 is 18.9 Å². The summed E-state index contributed by atoms with van der Waals surface area (Å²) in [7, 11) is 5.51. The van der Waals surface area contributed by atoms with Gasteiger partial charge in [-0.25, -0.2) is 0 Å². The van der Waals surface area contributed by atoms with Crippen LogP contribution in [0.4, 0.5) is 0 Å². The molecular weight excluding hydrogens is 318 g/mol. The van der Waals surface area contributed by atoms with Crippen molar-refractivity contribution in [1.29, 1.82) is 0 Å². The Balaban J connectivity index is 1.67. The predicted molar refractivity (Wildman–Crippen MR) is 94.9 cm³/mol. The van der Waals surface area contributed by atoms with Crippen LogP contribution < -0.4 is 18.9 Å². The summed E-state index contributed by atoms with van der Waals surface area (Å²) in [6.45, 7) is 1.35. The molecule has 132 valence electrons. The van der Waals surface area contributed by atoms with Crippen LogP contribution in [0.25, 0.3) is 0 Å². The van der Waals surface area contributed by atoms with E-state index < -0.39 is 0 Å². The summed E-state index contributed by atoms with van der Waals surface area (Å²) < 4.78 is 21.9. The molecule has 0 bridgehead atoms. The van der Waals surface area contributed by atoms with Crippen molar-refractivity contribution in [2.24, 2.45) is 0 Å². The molecule has 2 aliphatic rings. The van der Waals surface area contributed by atoms with E-state index in [-0.39, 0.29) is 0 Å². The highest BCUT2D eigenvalue weighted by molar-refractivity contribution is 5.51. The highest BCUT2D eigenvalue weighted by Gasteiger charge is 2.28. The number of hydrogen-bond acceptors (Lipinski definition) is 5. The normalized spacial score (nSPS) is 18.8. The van der Waals surface area contributed by atoms with E-state index in [1.165, 1.54) is 16.7 Å². The Morgan fingerprint density at radius 2 is 1.80 bits per heavy atom. The molecule has 2 aromatic rings. The zero-order valence-corrected chi connectivity index (χ0v) is 14.9. The van der Waals surface area contributed by atoms with Gasteiger partial charge in [-0.05, 0) is 60.8 Å². The lowest BCUT2D eigenvalue weighted by Gasteiger charge is -2.35. The molecule has 5 heteroatoms. The lowest BCUT2D eigenvalue weighted by Crippen LogP contribution is -2.33. The largest absolute Gasteiger partial charge is 0.493 e. The quantitative estimate of drug-likeness (QED) is 0.854. The Labute approximate surface area is 148 Å². The van der Waals surface area contributed by atoms with Crippen molar-refractivity contribution >= 4 is 0 Å². The standard InChI is InChI=1S/C20H23NO4/c1-21-7-6-14-10-19-20(25-12-24-19)11-15(14)16(21)8-13-4-5-17(22-2)18(9-13)23-3/h4-5,9-11,16H,6-8,12H2,1-3H3/t16-/m1/s1. The lowest BCUT2D eigenvalue weighted by molar-refractivity contribution is 0.174. The number of rotatable bonds is 4. The van der Waals surface area contributed by atoms with Crippen LogP contribution in [0.2, 0.25) is 0 Å². The molecule has 0 N–H and O–H groups in total. The van der Waals surface area contributed by atoms with Gasteiger partial charge in [-0.1, -0.05) is 6.07 Å². The maximum Gasteiger partial charge on any atom is 0.231 e. The zero-order valence-electron chi connectivity index (χ0n) is 14.9. The maximum atomic E-state index is 5.59. The first-order valence-electron chi connectivity index (χ1n) is 8.53. The van der Waals surface area contributed by atoms with E-state index in [0.29, 0.717) is 12.8 Å². The Morgan fingerprint density at radius 1 is 1.04 bits per heavy atom. The van der Waals surface area contributed by atoms with Crippen molar-refractivity contribution in [2.75, 3.05) is 34.6 Å². The van der Waals surface area contributed by atoms with Crippen LogP contribution >= 0.6 is 0 Å². The first-order valence-corrected chi connectivity index (χ1v) is 8.53. The minimum atomic E-state index is 0.302. The highest BCUT2D eigenvalue weighted by Crippen LogP contribution is 2.41. The number of ether oxygens (including phenoxy) is 4. The summed E-state index contributed by atoms with van der Waals surface area (Å²) in [5, 5.41) is 0. The van der Waals surface area contributed by atoms with E-state index in [1.54, 1.807) is 14.2 Å². The van der Waals surface area contributed by atoms with Gasteiger partial charge in [-0.3, -0.25) is 4.90 Å². The van der Waals surface area contributed by atoms with Crippen molar-refractivity contribution in [3.05, 3.63) is 47.0 Å². The highest BCUT2D eigenvalue weighted by atomic mass is 16.7.